The first kappa shape index (κ1) is 15.3. The SMILES string of the molecule is CCC(CC)NC(=O)COc1c(C)ccc(N)c1C. The number of hydrogen-bond acceptors (Lipinski definition) is 3. The van der Waals surface area contributed by atoms with Crippen molar-refractivity contribution in [3.05, 3.63) is 23.3 Å². The minimum absolute atomic E-state index is 0.0294. The van der Waals surface area contributed by atoms with Crippen LogP contribution in [0.1, 0.15) is 37.8 Å². The molecule has 1 rings (SSSR count). The van der Waals surface area contributed by atoms with Crippen LogP contribution < -0.4 is 15.8 Å². The summed E-state index contributed by atoms with van der Waals surface area (Å²) in [4.78, 5) is 11.8. The van der Waals surface area contributed by atoms with Gasteiger partial charge in [-0.1, -0.05) is 19.9 Å². The van der Waals surface area contributed by atoms with Crippen molar-refractivity contribution in [1.82, 2.24) is 5.32 Å². The van der Waals surface area contributed by atoms with E-state index in [1.165, 1.54) is 0 Å². The standard InChI is InChI=1S/C15H24N2O2/c1-5-12(6-2)17-14(18)9-19-15-10(3)7-8-13(16)11(15)4/h7-8,12H,5-6,9,16H2,1-4H3,(H,17,18). The topological polar surface area (TPSA) is 64.3 Å². The Kier molecular flexibility index (Phi) is 5.67. The van der Waals surface area contributed by atoms with Gasteiger partial charge < -0.3 is 15.8 Å². The summed E-state index contributed by atoms with van der Waals surface area (Å²) in [5.74, 6) is 0.620. The molecule has 0 atom stereocenters. The Balaban J connectivity index is 2.62. The van der Waals surface area contributed by atoms with E-state index in [1.807, 2.05) is 26.0 Å². The second kappa shape index (κ2) is 7.02. The van der Waals surface area contributed by atoms with Crippen LogP contribution >= 0.6 is 0 Å². The van der Waals surface area contributed by atoms with Crippen LogP contribution in [0.5, 0.6) is 5.75 Å². The first-order chi connectivity index (χ1) is 8.99. The van der Waals surface area contributed by atoms with E-state index in [4.69, 9.17) is 10.5 Å². The first-order valence-electron chi connectivity index (χ1n) is 6.77. The Morgan fingerprint density at radius 3 is 2.53 bits per heavy atom. The van der Waals surface area contributed by atoms with Crippen LogP contribution in [-0.4, -0.2) is 18.6 Å². The van der Waals surface area contributed by atoms with E-state index in [2.05, 4.69) is 19.2 Å². The molecule has 0 saturated heterocycles. The number of rotatable bonds is 6. The Bertz CT molecular complexity index is 440. The fourth-order valence-corrected chi connectivity index (χ4v) is 1.96. The van der Waals surface area contributed by atoms with Gasteiger partial charge in [0, 0.05) is 17.3 Å². The fourth-order valence-electron chi connectivity index (χ4n) is 1.96. The van der Waals surface area contributed by atoms with Gasteiger partial charge in [-0.3, -0.25) is 4.79 Å². The molecule has 4 heteroatoms. The quantitative estimate of drug-likeness (QED) is 0.776. The van der Waals surface area contributed by atoms with Gasteiger partial charge in [0.15, 0.2) is 6.61 Å². The third-order valence-electron chi connectivity index (χ3n) is 3.34. The average Bonchev–Trinajstić information content (AvgIpc) is 2.40. The van der Waals surface area contributed by atoms with Crippen LogP contribution in [0.4, 0.5) is 5.69 Å². The smallest absolute Gasteiger partial charge is 0.258 e. The van der Waals surface area contributed by atoms with Crippen molar-refractivity contribution in [3.63, 3.8) is 0 Å². The van der Waals surface area contributed by atoms with Crippen LogP contribution in [0.25, 0.3) is 0 Å². The van der Waals surface area contributed by atoms with E-state index in [-0.39, 0.29) is 18.6 Å². The van der Waals surface area contributed by atoms with Gasteiger partial charge >= 0.3 is 0 Å². The summed E-state index contributed by atoms with van der Waals surface area (Å²) < 4.78 is 5.61. The number of nitrogens with one attached hydrogen (secondary N) is 1. The lowest BCUT2D eigenvalue weighted by atomic mass is 10.1. The zero-order chi connectivity index (χ0) is 14.4. The lowest BCUT2D eigenvalue weighted by Crippen LogP contribution is -2.37. The highest BCUT2D eigenvalue weighted by Gasteiger charge is 2.11. The predicted molar refractivity (Wildman–Crippen MR) is 78.3 cm³/mol. The van der Waals surface area contributed by atoms with Crippen molar-refractivity contribution < 1.29 is 9.53 Å². The van der Waals surface area contributed by atoms with Crippen molar-refractivity contribution >= 4 is 11.6 Å². The third kappa shape index (κ3) is 4.16. The van der Waals surface area contributed by atoms with Crippen LogP contribution in [0, 0.1) is 13.8 Å². The number of carbonyl (C=O) groups excluding carboxylic acids is 1. The molecule has 1 aromatic carbocycles. The summed E-state index contributed by atoms with van der Waals surface area (Å²) in [5.41, 5.74) is 8.39. The van der Waals surface area contributed by atoms with Gasteiger partial charge in [-0.25, -0.2) is 0 Å². The van der Waals surface area contributed by atoms with E-state index in [9.17, 15) is 4.79 Å². The Labute approximate surface area is 115 Å². The molecule has 0 aliphatic rings. The van der Waals surface area contributed by atoms with Gasteiger partial charge in [-0.2, -0.15) is 0 Å². The van der Waals surface area contributed by atoms with Gasteiger partial charge in [-0.05, 0) is 38.3 Å². The molecule has 19 heavy (non-hydrogen) atoms. The zero-order valence-corrected chi connectivity index (χ0v) is 12.2. The normalized spacial score (nSPS) is 10.6. The highest BCUT2D eigenvalue weighted by molar-refractivity contribution is 5.78. The van der Waals surface area contributed by atoms with Crippen molar-refractivity contribution in [1.29, 1.82) is 0 Å². The second-order valence-electron chi connectivity index (χ2n) is 4.80. The zero-order valence-electron chi connectivity index (χ0n) is 12.2. The fraction of sp³-hybridized carbons (Fsp3) is 0.533. The highest BCUT2D eigenvalue weighted by atomic mass is 16.5. The molecule has 4 nitrogen and oxygen atoms in total. The van der Waals surface area contributed by atoms with Crippen LogP contribution in [0.3, 0.4) is 0 Å². The molecule has 0 fully saturated rings. The number of carbonyl (C=O) groups is 1. The van der Waals surface area contributed by atoms with Gasteiger partial charge in [0.25, 0.3) is 5.91 Å². The highest BCUT2D eigenvalue weighted by Crippen LogP contribution is 2.27. The number of nitrogen functional groups attached to an aromatic ring is 1. The number of benzene rings is 1. The lowest BCUT2D eigenvalue weighted by molar-refractivity contribution is -0.123. The molecule has 0 radical (unpaired) electrons. The maximum Gasteiger partial charge on any atom is 0.258 e. The third-order valence-corrected chi connectivity index (χ3v) is 3.34. The number of anilines is 1. The number of amides is 1. The molecule has 0 heterocycles. The van der Waals surface area contributed by atoms with Gasteiger partial charge in [0.2, 0.25) is 0 Å². The monoisotopic (exact) mass is 264 g/mol. The van der Waals surface area contributed by atoms with Gasteiger partial charge in [0.1, 0.15) is 5.75 Å². The molecule has 0 aliphatic carbocycles. The molecular weight excluding hydrogens is 240 g/mol. The predicted octanol–water partition coefficient (Wildman–Crippen LogP) is 2.57. The maximum absolute atomic E-state index is 11.8. The van der Waals surface area contributed by atoms with Crippen molar-refractivity contribution in [2.75, 3.05) is 12.3 Å². The van der Waals surface area contributed by atoms with E-state index in [0.717, 1.165) is 24.0 Å². The molecule has 0 unspecified atom stereocenters. The number of aryl methyl sites for hydroxylation is 1. The summed E-state index contributed by atoms with van der Waals surface area (Å²) in [5, 5.41) is 2.94. The summed E-state index contributed by atoms with van der Waals surface area (Å²) >= 11 is 0. The molecule has 106 valence electrons. The number of nitrogens with two attached hydrogens (primary N) is 1. The molecule has 3 N–H and O–H groups in total. The molecule has 0 aliphatic heterocycles. The molecule has 0 saturated carbocycles. The van der Waals surface area contributed by atoms with Crippen LogP contribution in [-0.2, 0) is 4.79 Å². The van der Waals surface area contributed by atoms with Crippen LogP contribution in [0.15, 0.2) is 12.1 Å². The molecule has 1 amide bonds. The average molecular weight is 264 g/mol. The Morgan fingerprint density at radius 2 is 1.95 bits per heavy atom. The van der Waals surface area contributed by atoms with Crippen molar-refractivity contribution in [2.45, 2.75) is 46.6 Å². The van der Waals surface area contributed by atoms with Crippen LogP contribution in [0.2, 0.25) is 0 Å². The van der Waals surface area contributed by atoms with Crippen molar-refractivity contribution in [3.8, 4) is 5.75 Å². The van der Waals surface area contributed by atoms with Gasteiger partial charge in [-0.15, -0.1) is 0 Å². The molecule has 0 aromatic heterocycles. The van der Waals surface area contributed by atoms with Gasteiger partial charge in [0.05, 0.1) is 0 Å². The second-order valence-corrected chi connectivity index (χ2v) is 4.80. The largest absolute Gasteiger partial charge is 0.483 e. The molecule has 0 bridgehead atoms. The number of ether oxygens (including phenoxy) is 1. The maximum atomic E-state index is 11.8. The summed E-state index contributed by atoms with van der Waals surface area (Å²) in [7, 11) is 0. The van der Waals surface area contributed by atoms with E-state index in [0.29, 0.717) is 11.4 Å². The van der Waals surface area contributed by atoms with Crippen molar-refractivity contribution in [2.24, 2.45) is 0 Å². The minimum atomic E-state index is -0.0880. The number of hydrogen-bond donors (Lipinski definition) is 2. The molecule has 0 spiro atoms. The van der Waals surface area contributed by atoms with E-state index >= 15 is 0 Å². The molecule has 1 aromatic rings. The lowest BCUT2D eigenvalue weighted by Gasteiger charge is -2.17. The van der Waals surface area contributed by atoms with E-state index in [1.54, 1.807) is 0 Å². The minimum Gasteiger partial charge on any atom is -0.483 e. The summed E-state index contributed by atoms with van der Waals surface area (Å²) in [6, 6.07) is 3.97. The summed E-state index contributed by atoms with van der Waals surface area (Å²) in [6.07, 6.45) is 1.86. The Morgan fingerprint density at radius 1 is 1.32 bits per heavy atom. The first-order valence-corrected chi connectivity index (χ1v) is 6.77. The summed E-state index contributed by atoms with van der Waals surface area (Å²) in [6.45, 7) is 7.99. The van der Waals surface area contributed by atoms with E-state index < -0.39 is 0 Å². The molecular formula is C15H24N2O2. The Hall–Kier alpha value is -1.71.